The zero-order valence-corrected chi connectivity index (χ0v) is 26.2. The lowest BCUT2D eigenvalue weighted by atomic mass is 9.47. The summed E-state index contributed by atoms with van der Waals surface area (Å²) < 4.78 is 6.04. The Morgan fingerprint density at radius 2 is 1.68 bits per heavy atom. The van der Waals surface area contributed by atoms with E-state index in [1.807, 2.05) is 0 Å². The highest BCUT2D eigenvalue weighted by atomic mass is 16.5. The number of rotatable bonds is 13. The third kappa shape index (κ3) is 6.57. The van der Waals surface area contributed by atoms with E-state index in [-0.39, 0.29) is 12.1 Å². The van der Waals surface area contributed by atoms with Gasteiger partial charge in [-0.2, -0.15) is 0 Å². The van der Waals surface area contributed by atoms with Gasteiger partial charge in [0.05, 0.1) is 0 Å². The molecule has 218 valence electrons. The van der Waals surface area contributed by atoms with Crippen LogP contribution in [0.5, 0.6) is 0 Å². The van der Waals surface area contributed by atoms with Crippen LogP contribution in [-0.4, -0.2) is 12.1 Å². The first-order valence-corrected chi connectivity index (χ1v) is 17.1. The van der Waals surface area contributed by atoms with Crippen LogP contribution in [0, 0.1) is 46.3 Å². The third-order valence-corrected chi connectivity index (χ3v) is 12.3. The summed E-state index contributed by atoms with van der Waals surface area (Å²) in [6, 6.07) is 0. The van der Waals surface area contributed by atoms with E-state index in [0.29, 0.717) is 17.3 Å². The highest BCUT2D eigenvalue weighted by molar-refractivity contribution is 5.69. The molecular formula is C36H62O2. The molecule has 0 aromatic rings. The van der Waals surface area contributed by atoms with Crippen molar-refractivity contribution in [2.24, 2.45) is 46.3 Å². The summed E-state index contributed by atoms with van der Waals surface area (Å²) in [7, 11) is 0. The molecule has 2 nitrogen and oxygen atoms in total. The molecule has 38 heavy (non-hydrogen) atoms. The SMILES string of the molecule is CCCCCCCCC(=O)O[C@H]1CC[C@@]2(C)C(=CC[C@H]3C4CC[C@H]([C@H](C)CCCC(C)C)[C@@]4(C)CC[C@@H]32)C1. The fraction of sp³-hybridized carbons (Fsp3) is 0.917. The van der Waals surface area contributed by atoms with Crippen molar-refractivity contribution in [2.45, 2.75) is 163 Å². The van der Waals surface area contributed by atoms with Gasteiger partial charge >= 0.3 is 5.97 Å². The molecule has 4 aliphatic rings. The predicted molar refractivity (Wildman–Crippen MR) is 161 cm³/mol. The molecule has 0 bridgehead atoms. The normalized spacial score (nSPS) is 37.2. The molecule has 2 heteroatoms. The van der Waals surface area contributed by atoms with Crippen LogP contribution < -0.4 is 0 Å². The Morgan fingerprint density at radius 1 is 0.921 bits per heavy atom. The first-order chi connectivity index (χ1) is 18.2. The van der Waals surface area contributed by atoms with E-state index in [4.69, 9.17) is 4.74 Å². The number of carbonyl (C=O) groups is 1. The second-order valence-electron chi connectivity index (χ2n) is 15.2. The van der Waals surface area contributed by atoms with Gasteiger partial charge in [-0.3, -0.25) is 4.79 Å². The van der Waals surface area contributed by atoms with Crippen LogP contribution in [0.2, 0.25) is 0 Å². The van der Waals surface area contributed by atoms with Crippen molar-refractivity contribution in [3.05, 3.63) is 11.6 Å². The van der Waals surface area contributed by atoms with Gasteiger partial charge in [0.25, 0.3) is 0 Å². The van der Waals surface area contributed by atoms with Gasteiger partial charge in [0.2, 0.25) is 0 Å². The van der Waals surface area contributed by atoms with Crippen molar-refractivity contribution in [1.29, 1.82) is 0 Å². The Balaban J connectivity index is 1.31. The van der Waals surface area contributed by atoms with E-state index in [9.17, 15) is 4.79 Å². The van der Waals surface area contributed by atoms with Crippen molar-refractivity contribution < 1.29 is 9.53 Å². The van der Waals surface area contributed by atoms with Crippen LogP contribution in [0.25, 0.3) is 0 Å². The second kappa shape index (κ2) is 13.2. The minimum atomic E-state index is 0.0522. The van der Waals surface area contributed by atoms with E-state index in [2.05, 4.69) is 47.6 Å². The van der Waals surface area contributed by atoms with Crippen LogP contribution in [0.3, 0.4) is 0 Å². The number of hydrogen-bond donors (Lipinski definition) is 0. The van der Waals surface area contributed by atoms with Gasteiger partial charge in [0, 0.05) is 12.8 Å². The molecule has 0 amide bonds. The Morgan fingerprint density at radius 3 is 2.45 bits per heavy atom. The lowest BCUT2D eigenvalue weighted by molar-refractivity contribution is -0.151. The van der Waals surface area contributed by atoms with Crippen LogP contribution in [0.15, 0.2) is 11.6 Å². The largest absolute Gasteiger partial charge is 0.462 e. The van der Waals surface area contributed by atoms with Gasteiger partial charge < -0.3 is 4.74 Å². The Kier molecular flexibility index (Phi) is 10.5. The van der Waals surface area contributed by atoms with Gasteiger partial charge in [0.15, 0.2) is 0 Å². The molecule has 0 aromatic carbocycles. The molecule has 0 aromatic heterocycles. The van der Waals surface area contributed by atoms with Gasteiger partial charge in [0.1, 0.15) is 6.10 Å². The second-order valence-corrected chi connectivity index (χ2v) is 15.2. The summed E-state index contributed by atoms with van der Waals surface area (Å²) in [5.74, 6) is 5.34. The molecule has 0 heterocycles. The first-order valence-electron chi connectivity index (χ1n) is 17.1. The number of hydrogen-bond acceptors (Lipinski definition) is 2. The van der Waals surface area contributed by atoms with Crippen molar-refractivity contribution >= 4 is 5.97 Å². The van der Waals surface area contributed by atoms with Crippen LogP contribution >= 0.6 is 0 Å². The van der Waals surface area contributed by atoms with Crippen molar-refractivity contribution in [3.63, 3.8) is 0 Å². The maximum atomic E-state index is 12.6. The van der Waals surface area contributed by atoms with Crippen molar-refractivity contribution in [2.75, 3.05) is 0 Å². The maximum Gasteiger partial charge on any atom is 0.306 e. The molecule has 0 aliphatic heterocycles. The van der Waals surface area contributed by atoms with Crippen LogP contribution in [0.4, 0.5) is 0 Å². The van der Waals surface area contributed by atoms with Gasteiger partial charge in [-0.1, -0.05) is 105 Å². The summed E-state index contributed by atoms with van der Waals surface area (Å²) in [6.45, 7) is 14.9. The molecule has 4 rings (SSSR count). The summed E-state index contributed by atoms with van der Waals surface area (Å²) in [4.78, 5) is 12.6. The number of carbonyl (C=O) groups excluding carboxylic acids is 1. The minimum Gasteiger partial charge on any atom is -0.462 e. The van der Waals surface area contributed by atoms with Crippen molar-refractivity contribution in [1.82, 2.24) is 0 Å². The fourth-order valence-electron chi connectivity index (χ4n) is 10.0. The average Bonchev–Trinajstić information content (AvgIpc) is 3.23. The van der Waals surface area contributed by atoms with Gasteiger partial charge in [-0.15, -0.1) is 0 Å². The number of allylic oxidation sites excluding steroid dienone is 1. The number of unbranched alkanes of at least 4 members (excludes halogenated alkanes) is 5. The predicted octanol–water partition coefficient (Wildman–Crippen LogP) is 10.7. The summed E-state index contributed by atoms with van der Waals surface area (Å²) in [5.41, 5.74) is 2.54. The first kappa shape index (κ1) is 30.2. The molecule has 0 spiro atoms. The lowest BCUT2D eigenvalue weighted by Gasteiger charge is -2.58. The molecule has 4 aliphatic carbocycles. The monoisotopic (exact) mass is 526 g/mol. The molecule has 1 unspecified atom stereocenters. The maximum absolute atomic E-state index is 12.6. The van der Waals surface area contributed by atoms with E-state index in [1.165, 1.54) is 89.9 Å². The lowest BCUT2D eigenvalue weighted by Crippen LogP contribution is -2.51. The Hall–Kier alpha value is -0.790. The summed E-state index contributed by atoms with van der Waals surface area (Å²) in [6.07, 6.45) is 25.3. The summed E-state index contributed by atoms with van der Waals surface area (Å²) >= 11 is 0. The molecule has 3 saturated carbocycles. The minimum absolute atomic E-state index is 0.0522. The van der Waals surface area contributed by atoms with E-state index in [0.717, 1.165) is 54.8 Å². The number of fused-ring (bicyclic) bond motifs is 5. The quantitative estimate of drug-likeness (QED) is 0.135. The highest BCUT2D eigenvalue weighted by Crippen LogP contribution is 2.67. The Bertz CT molecular complexity index is 797. The zero-order chi connectivity index (χ0) is 27.3. The topological polar surface area (TPSA) is 26.3 Å². The van der Waals surface area contributed by atoms with E-state index in [1.54, 1.807) is 5.57 Å². The molecule has 0 N–H and O–H groups in total. The Labute approximate surface area is 236 Å². The highest BCUT2D eigenvalue weighted by Gasteiger charge is 2.59. The van der Waals surface area contributed by atoms with Crippen LogP contribution in [0.1, 0.15) is 157 Å². The van der Waals surface area contributed by atoms with Gasteiger partial charge in [-0.25, -0.2) is 0 Å². The molecule has 0 radical (unpaired) electrons. The smallest absolute Gasteiger partial charge is 0.306 e. The van der Waals surface area contributed by atoms with Crippen molar-refractivity contribution in [3.8, 4) is 0 Å². The molecule has 8 atom stereocenters. The average molecular weight is 527 g/mol. The third-order valence-electron chi connectivity index (χ3n) is 12.3. The van der Waals surface area contributed by atoms with Gasteiger partial charge in [-0.05, 0) is 97.7 Å². The van der Waals surface area contributed by atoms with E-state index < -0.39 is 0 Å². The number of ether oxygens (including phenoxy) is 1. The van der Waals surface area contributed by atoms with E-state index >= 15 is 0 Å². The summed E-state index contributed by atoms with van der Waals surface area (Å²) in [5, 5.41) is 0. The molecule has 0 saturated heterocycles. The zero-order valence-electron chi connectivity index (χ0n) is 26.2. The fourth-order valence-corrected chi connectivity index (χ4v) is 10.0. The standard InChI is InChI=1S/C36H62O2/c1-7-8-9-10-11-12-16-34(37)38-29-21-23-35(5)28(25-29)17-18-30-32-20-19-31(27(4)15-13-14-26(2)3)36(32,6)24-22-33(30)35/h17,26-27,29-33H,7-16,18-25H2,1-6H3/t27-,29+,30+,31-,32?,33+,35+,36-/m1/s1. The van der Waals surface area contributed by atoms with Crippen LogP contribution in [-0.2, 0) is 9.53 Å². The number of esters is 1. The molecule has 3 fully saturated rings. The molecular weight excluding hydrogens is 464 g/mol.